The van der Waals surface area contributed by atoms with Gasteiger partial charge in [0.2, 0.25) is 0 Å². The predicted molar refractivity (Wildman–Crippen MR) is 68.6 cm³/mol. The third kappa shape index (κ3) is 2.54. The normalized spacial score (nSPS) is 13.5. The van der Waals surface area contributed by atoms with Gasteiger partial charge in [-0.2, -0.15) is 5.21 Å². The zero-order valence-corrected chi connectivity index (χ0v) is 10.3. The van der Waals surface area contributed by atoms with E-state index in [2.05, 4.69) is 31.3 Å². The van der Waals surface area contributed by atoms with Crippen molar-refractivity contribution in [3.63, 3.8) is 0 Å². The van der Waals surface area contributed by atoms with Gasteiger partial charge in [0.25, 0.3) is 5.91 Å². The first-order valence-electron chi connectivity index (χ1n) is 6.20. The van der Waals surface area contributed by atoms with Crippen LogP contribution in [0.25, 0.3) is 0 Å². The Morgan fingerprint density at radius 2 is 2.37 bits per heavy atom. The number of fused-ring (bicyclic) bond motifs is 1. The van der Waals surface area contributed by atoms with Gasteiger partial charge in [-0.15, -0.1) is 10.2 Å². The lowest BCUT2D eigenvalue weighted by molar-refractivity contribution is 0.0950. The summed E-state index contributed by atoms with van der Waals surface area (Å²) >= 11 is 0. The molecule has 0 fully saturated rings. The molecule has 1 aromatic heterocycles. The predicted octanol–water partition coefficient (Wildman–Crippen LogP) is 0.488. The van der Waals surface area contributed by atoms with Crippen molar-refractivity contribution in [3.8, 4) is 0 Å². The maximum absolute atomic E-state index is 12.0. The molecule has 0 atom stereocenters. The third-order valence-corrected chi connectivity index (χ3v) is 3.10. The molecule has 7 heteroatoms. The van der Waals surface area contributed by atoms with E-state index in [1.165, 1.54) is 5.56 Å². The summed E-state index contributed by atoms with van der Waals surface area (Å²) < 4.78 is 0. The van der Waals surface area contributed by atoms with Crippen molar-refractivity contribution in [1.29, 1.82) is 0 Å². The summed E-state index contributed by atoms with van der Waals surface area (Å²) in [5.74, 6) is 0.339. The Morgan fingerprint density at radius 1 is 1.42 bits per heavy atom. The van der Waals surface area contributed by atoms with Crippen LogP contribution in [0.2, 0.25) is 0 Å². The van der Waals surface area contributed by atoms with Crippen molar-refractivity contribution < 1.29 is 4.79 Å². The number of aromatic amines is 1. The van der Waals surface area contributed by atoms with Gasteiger partial charge in [0, 0.05) is 17.8 Å². The molecule has 0 radical (unpaired) electrons. The molecule has 19 heavy (non-hydrogen) atoms. The number of anilines is 1. The largest absolute Gasteiger partial charge is 0.385 e. The van der Waals surface area contributed by atoms with E-state index >= 15 is 0 Å². The van der Waals surface area contributed by atoms with Crippen molar-refractivity contribution in [3.05, 3.63) is 35.2 Å². The molecular formula is C12H14N6O. The summed E-state index contributed by atoms with van der Waals surface area (Å²) in [7, 11) is 0. The topological polar surface area (TPSA) is 95.6 Å². The molecule has 7 nitrogen and oxygen atoms in total. The minimum atomic E-state index is -0.127. The number of H-pyrrole nitrogens is 1. The molecule has 1 aliphatic heterocycles. The van der Waals surface area contributed by atoms with Crippen LogP contribution in [0.3, 0.4) is 0 Å². The molecule has 3 rings (SSSR count). The molecule has 3 N–H and O–H groups in total. The molecule has 0 saturated heterocycles. The Kier molecular flexibility index (Phi) is 3.09. The standard InChI is InChI=1S/C12H14N6O/c19-12(14-7-11-15-17-18-16-11)9-3-4-10-8(6-9)2-1-5-13-10/h3-4,6,13H,1-2,5,7H2,(H,14,19)(H,15,16,17,18). The Hall–Kier alpha value is -2.44. The van der Waals surface area contributed by atoms with Gasteiger partial charge in [0.05, 0.1) is 6.54 Å². The molecular weight excluding hydrogens is 244 g/mol. The van der Waals surface area contributed by atoms with E-state index in [1.54, 1.807) is 0 Å². The highest BCUT2D eigenvalue weighted by Crippen LogP contribution is 2.22. The number of amides is 1. The molecule has 1 aliphatic rings. The monoisotopic (exact) mass is 258 g/mol. The summed E-state index contributed by atoms with van der Waals surface area (Å²) in [5.41, 5.74) is 2.98. The summed E-state index contributed by atoms with van der Waals surface area (Å²) in [4.78, 5) is 12.0. The van der Waals surface area contributed by atoms with Gasteiger partial charge < -0.3 is 10.6 Å². The van der Waals surface area contributed by atoms with Gasteiger partial charge in [0.15, 0.2) is 5.82 Å². The van der Waals surface area contributed by atoms with Crippen LogP contribution >= 0.6 is 0 Å². The lowest BCUT2D eigenvalue weighted by Gasteiger charge is -2.18. The van der Waals surface area contributed by atoms with Crippen LogP contribution in [0.5, 0.6) is 0 Å². The molecule has 0 unspecified atom stereocenters. The van der Waals surface area contributed by atoms with E-state index in [0.717, 1.165) is 25.1 Å². The molecule has 2 heterocycles. The fraction of sp³-hybridized carbons (Fsp3) is 0.333. The molecule has 0 saturated carbocycles. The molecule has 1 aromatic carbocycles. The van der Waals surface area contributed by atoms with Crippen molar-refractivity contribution in [2.45, 2.75) is 19.4 Å². The minimum absolute atomic E-state index is 0.127. The van der Waals surface area contributed by atoms with Crippen LogP contribution in [0.4, 0.5) is 5.69 Å². The highest BCUT2D eigenvalue weighted by Gasteiger charge is 2.12. The molecule has 1 amide bonds. The highest BCUT2D eigenvalue weighted by atomic mass is 16.1. The number of aromatic nitrogens is 4. The zero-order chi connectivity index (χ0) is 13.1. The van der Waals surface area contributed by atoms with Crippen molar-refractivity contribution >= 4 is 11.6 Å². The Morgan fingerprint density at radius 3 is 3.21 bits per heavy atom. The number of hydrogen-bond acceptors (Lipinski definition) is 5. The first kappa shape index (κ1) is 11.6. The van der Waals surface area contributed by atoms with Crippen molar-refractivity contribution in [1.82, 2.24) is 25.9 Å². The number of nitrogens with one attached hydrogen (secondary N) is 3. The first-order chi connectivity index (χ1) is 9.33. The van der Waals surface area contributed by atoms with Crippen molar-refractivity contribution in [2.24, 2.45) is 0 Å². The average Bonchev–Trinajstić information content (AvgIpc) is 2.97. The number of rotatable bonds is 3. The van der Waals surface area contributed by atoms with Crippen molar-refractivity contribution in [2.75, 3.05) is 11.9 Å². The summed E-state index contributed by atoms with van der Waals surface area (Å²) in [5, 5.41) is 19.4. The number of tetrazole rings is 1. The number of carbonyl (C=O) groups excluding carboxylic acids is 1. The number of benzene rings is 1. The van der Waals surface area contributed by atoms with Crippen LogP contribution in [0, 0.1) is 0 Å². The van der Waals surface area contributed by atoms with E-state index in [1.807, 2.05) is 18.2 Å². The Labute approximate surface area is 109 Å². The van der Waals surface area contributed by atoms with Crippen LogP contribution in [-0.2, 0) is 13.0 Å². The second-order valence-corrected chi connectivity index (χ2v) is 4.41. The number of aryl methyl sites for hydroxylation is 1. The van der Waals surface area contributed by atoms with E-state index in [4.69, 9.17) is 0 Å². The van der Waals surface area contributed by atoms with Gasteiger partial charge in [-0.1, -0.05) is 5.21 Å². The van der Waals surface area contributed by atoms with E-state index in [0.29, 0.717) is 11.4 Å². The molecule has 98 valence electrons. The van der Waals surface area contributed by atoms with E-state index in [9.17, 15) is 4.79 Å². The van der Waals surface area contributed by atoms with Gasteiger partial charge in [-0.05, 0) is 36.6 Å². The van der Waals surface area contributed by atoms with Crippen LogP contribution in [0.15, 0.2) is 18.2 Å². The van der Waals surface area contributed by atoms with Gasteiger partial charge in [-0.3, -0.25) is 4.79 Å². The SMILES string of the molecule is O=C(NCc1nn[nH]n1)c1ccc2c(c1)CCCN2. The number of carbonyl (C=O) groups is 1. The molecule has 0 bridgehead atoms. The molecule has 2 aromatic rings. The quantitative estimate of drug-likeness (QED) is 0.744. The molecule has 0 spiro atoms. The zero-order valence-electron chi connectivity index (χ0n) is 10.3. The second kappa shape index (κ2) is 5.05. The average molecular weight is 258 g/mol. The van der Waals surface area contributed by atoms with Crippen LogP contribution < -0.4 is 10.6 Å². The van der Waals surface area contributed by atoms with Gasteiger partial charge in [-0.25, -0.2) is 0 Å². The smallest absolute Gasteiger partial charge is 0.251 e. The molecule has 0 aliphatic carbocycles. The maximum atomic E-state index is 12.0. The number of hydrogen-bond donors (Lipinski definition) is 3. The van der Waals surface area contributed by atoms with Gasteiger partial charge in [0.1, 0.15) is 0 Å². The lowest BCUT2D eigenvalue weighted by Crippen LogP contribution is -2.24. The Bertz CT molecular complexity index is 580. The van der Waals surface area contributed by atoms with E-state index in [-0.39, 0.29) is 12.5 Å². The first-order valence-corrected chi connectivity index (χ1v) is 6.20. The summed E-state index contributed by atoms with van der Waals surface area (Å²) in [6.45, 7) is 1.26. The van der Waals surface area contributed by atoms with Gasteiger partial charge >= 0.3 is 0 Å². The third-order valence-electron chi connectivity index (χ3n) is 3.10. The second-order valence-electron chi connectivity index (χ2n) is 4.41. The number of nitrogens with zero attached hydrogens (tertiary/aromatic N) is 3. The van der Waals surface area contributed by atoms with E-state index < -0.39 is 0 Å². The Balaban J connectivity index is 1.69. The highest BCUT2D eigenvalue weighted by molar-refractivity contribution is 5.94. The fourth-order valence-electron chi connectivity index (χ4n) is 2.13. The van der Waals surface area contributed by atoms with Crippen LogP contribution in [-0.4, -0.2) is 33.1 Å². The maximum Gasteiger partial charge on any atom is 0.251 e. The van der Waals surface area contributed by atoms with Crippen LogP contribution in [0.1, 0.15) is 28.2 Å². The minimum Gasteiger partial charge on any atom is -0.385 e. The lowest BCUT2D eigenvalue weighted by atomic mass is 10.0. The fourth-order valence-corrected chi connectivity index (χ4v) is 2.13. The summed E-state index contributed by atoms with van der Waals surface area (Å²) in [6.07, 6.45) is 2.11. The summed E-state index contributed by atoms with van der Waals surface area (Å²) in [6, 6.07) is 5.72.